The summed E-state index contributed by atoms with van der Waals surface area (Å²) >= 11 is 6.34. The highest BCUT2D eigenvalue weighted by Crippen LogP contribution is 2.27. The minimum atomic E-state index is -3.25. The molecule has 2 aromatic rings. The van der Waals surface area contributed by atoms with E-state index in [4.69, 9.17) is 11.6 Å². The number of hydrogen-bond donors (Lipinski definition) is 0. The number of rotatable bonds is 5. The van der Waals surface area contributed by atoms with Gasteiger partial charge in [-0.05, 0) is 22.1 Å². The number of alkyl halides is 1. The van der Waals surface area contributed by atoms with Gasteiger partial charge in [0.1, 0.15) is 0 Å². The minimum absolute atomic E-state index is 0.0249. The molecule has 0 saturated carbocycles. The van der Waals surface area contributed by atoms with Crippen LogP contribution < -0.4 is 0 Å². The maximum Gasteiger partial charge on any atom is 0.156 e. The molecule has 2 nitrogen and oxygen atoms in total. The lowest BCUT2D eigenvalue weighted by Gasteiger charge is -2.20. The van der Waals surface area contributed by atoms with Crippen LogP contribution in [0.3, 0.4) is 0 Å². The highest BCUT2D eigenvalue weighted by atomic mass is 35.5. The van der Waals surface area contributed by atoms with Gasteiger partial charge in [-0.1, -0.05) is 75.4 Å². The second-order valence-electron chi connectivity index (χ2n) is 6.88. The summed E-state index contributed by atoms with van der Waals surface area (Å²) in [5.41, 5.74) is 2.91. The Bertz CT molecular complexity index is 729. The molecule has 0 aliphatic heterocycles. The lowest BCUT2D eigenvalue weighted by Crippen LogP contribution is -2.14. The molecular formula is C19H23ClO2S. The summed E-state index contributed by atoms with van der Waals surface area (Å²) in [4.78, 5) is 0. The van der Waals surface area contributed by atoms with Crippen LogP contribution in [0.1, 0.15) is 42.8 Å². The lowest BCUT2D eigenvalue weighted by molar-refractivity contribution is 0.589. The number of hydrogen-bond acceptors (Lipinski definition) is 2. The fourth-order valence-electron chi connectivity index (χ4n) is 2.40. The predicted octanol–water partition coefficient (Wildman–Crippen LogP) is 4.88. The molecule has 0 amide bonds. The molecule has 0 spiro atoms. The van der Waals surface area contributed by atoms with Gasteiger partial charge in [0.05, 0.1) is 16.9 Å². The Morgan fingerprint density at radius 1 is 0.957 bits per heavy atom. The van der Waals surface area contributed by atoms with Crippen LogP contribution in [0.25, 0.3) is 0 Å². The molecule has 2 aromatic carbocycles. The second-order valence-corrected chi connectivity index (χ2v) is 9.52. The maximum absolute atomic E-state index is 12.3. The Balaban J connectivity index is 2.07. The molecule has 0 fully saturated rings. The Morgan fingerprint density at radius 2 is 1.52 bits per heavy atom. The summed E-state index contributed by atoms with van der Waals surface area (Å²) < 4.78 is 24.7. The van der Waals surface area contributed by atoms with Crippen molar-refractivity contribution in [3.05, 3.63) is 71.3 Å². The van der Waals surface area contributed by atoms with E-state index in [1.165, 1.54) is 5.56 Å². The van der Waals surface area contributed by atoms with E-state index < -0.39 is 15.2 Å². The molecule has 0 saturated heterocycles. The summed E-state index contributed by atoms with van der Waals surface area (Å²) in [5, 5.41) is -0.530. The molecular weight excluding hydrogens is 328 g/mol. The Kier molecular flexibility index (Phi) is 5.53. The van der Waals surface area contributed by atoms with Crippen molar-refractivity contribution in [2.45, 2.75) is 37.3 Å². The average molecular weight is 351 g/mol. The van der Waals surface area contributed by atoms with Crippen LogP contribution in [-0.4, -0.2) is 14.2 Å². The normalized spacial score (nSPS) is 13.7. The first kappa shape index (κ1) is 18.0. The average Bonchev–Trinajstić information content (AvgIpc) is 2.46. The van der Waals surface area contributed by atoms with E-state index in [1.54, 1.807) is 0 Å². The first-order chi connectivity index (χ1) is 10.7. The molecule has 1 unspecified atom stereocenters. The predicted molar refractivity (Wildman–Crippen MR) is 97.7 cm³/mol. The largest absolute Gasteiger partial charge is 0.228 e. The van der Waals surface area contributed by atoms with Crippen molar-refractivity contribution in [2.24, 2.45) is 0 Å². The molecule has 0 radical (unpaired) electrons. The molecule has 2 rings (SSSR count). The van der Waals surface area contributed by atoms with Crippen molar-refractivity contribution in [1.29, 1.82) is 0 Å². The van der Waals surface area contributed by atoms with Crippen LogP contribution in [0.5, 0.6) is 0 Å². The summed E-state index contributed by atoms with van der Waals surface area (Å²) in [7, 11) is -3.25. The zero-order chi connectivity index (χ0) is 17.1. The molecule has 1 atom stereocenters. The van der Waals surface area contributed by atoms with Crippen molar-refractivity contribution in [3.63, 3.8) is 0 Å². The first-order valence-electron chi connectivity index (χ1n) is 7.66. The SMILES string of the molecule is CC(C)(C)c1ccc(C(Cl)CS(=O)(=O)Cc2ccccc2)cc1. The van der Waals surface area contributed by atoms with Crippen molar-refractivity contribution < 1.29 is 8.42 Å². The van der Waals surface area contributed by atoms with Crippen molar-refractivity contribution in [3.8, 4) is 0 Å². The second kappa shape index (κ2) is 7.06. The Morgan fingerprint density at radius 3 is 2.04 bits per heavy atom. The molecule has 0 aliphatic rings. The molecule has 23 heavy (non-hydrogen) atoms. The third kappa shape index (κ3) is 5.36. The molecule has 4 heteroatoms. The molecule has 124 valence electrons. The van der Waals surface area contributed by atoms with Crippen LogP contribution in [0.2, 0.25) is 0 Å². The highest BCUT2D eigenvalue weighted by Gasteiger charge is 2.20. The lowest BCUT2D eigenvalue weighted by atomic mass is 9.86. The Hall–Kier alpha value is -1.32. The molecule has 0 aliphatic carbocycles. The first-order valence-corrected chi connectivity index (χ1v) is 9.92. The van der Waals surface area contributed by atoms with E-state index in [0.717, 1.165) is 11.1 Å². The van der Waals surface area contributed by atoms with E-state index in [1.807, 2.05) is 54.6 Å². The van der Waals surface area contributed by atoms with Gasteiger partial charge in [0.2, 0.25) is 0 Å². The monoisotopic (exact) mass is 350 g/mol. The van der Waals surface area contributed by atoms with Crippen LogP contribution in [-0.2, 0) is 21.0 Å². The fraction of sp³-hybridized carbons (Fsp3) is 0.368. The molecule has 0 heterocycles. The topological polar surface area (TPSA) is 34.1 Å². The molecule has 0 aromatic heterocycles. The minimum Gasteiger partial charge on any atom is -0.228 e. The van der Waals surface area contributed by atoms with Crippen molar-refractivity contribution in [1.82, 2.24) is 0 Å². The number of sulfone groups is 1. The standard InChI is InChI=1S/C19H23ClO2S/c1-19(2,3)17-11-9-16(10-12-17)18(20)14-23(21,22)13-15-7-5-4-6-8-15/h4-12,18H,13-14H2,1-3H3. The van der Waals surface area contributed by atoms with Gasteiger partial charge in [-0.2, -0.15) is 0 Å². The van der Waals surface area contributed by atoms with Gasteiger partial charge in [-0.25, -0.2) is 8.42 Å². The maximum atomic E-state index is 12.3. The van der Waals surface area contributed by atoms with Crippen LogP contribution >= 0.6 is 11.6 Å². The Labute approximate surface area is 144 Å². The molecule has 0 N–H and O–H groups in total. The van der Waals surface area contributed by atoms with E-state index in [0.29, 0.717) is 0 Å². The van der Waals surface area contributed by atoms with E-state index in [2.05, 4.69) is 20.8 Å². The van der Waals surface area contributed by atoms with E-state index >= 15 is 0 Å². The van der Waals surface area contributed by atoms with Gasteiger partial charge in [0.15, 0.2) is 9.84 Å². The smallest absolute Gasteiger partial charge is 0.156 e. The van der Waals surface area contributed by atoms with Gasteiger partial charge in [-0.15, -0.1) is 11.6 Å². The summed E-state index contributed by atoms with van der Waals surface area (Å²) in [6, 6.07) is 17.1. The van der Waals surface area contributed by atoms with Gasteiger partial charge in [0.25, 0.3) is 0 Å². The van der Waals surface area contributed by atoms with Crippen LogP contribution in [0.4, 0.5) is 0 Å². The van der Waals surface area contributed by atoms with Crippen LogP contribution in [0.15, 0.2) is 54.6 Å². The fourth-order valence-corrected chi connectivity index (χ4v) is 4.58. The number of halogens is 1. The van der Waals surface area contributed by atoms with Gasteiger partial charge in [0, 0.05) is 0 Å². The van der Waals surface area contributed by atoms with Gasteiger partial charge >= 0.3 is 0 Å². The van der Waals surface area contributed by atoms with Crippen molar-refractivity contribution >= 4 is 21.4 Å². The van der Waals surface area contributed by atoms with E-state index in [-0.39, 0.29) is 16.9 Å². The third-order valence-electron chi connectivity index (χ3n) is 3.77. The summed E-state index contributed by atoms with van der Waals surface area (Å²) in [6.45, 7) is 6.43. The summed E-state index contributed by atoms with van der Waals surface area (Å²) in [6.07, 6.45) is 0. The van der Waals surface area contributed by atoms with Gasteiger partial charge in [-0.3, -0.25) is 0 Å². The quantitative estimate of drug-likeness (QED) is 0.720. The van der Waals surface area contributed by atoms with Crippen molar-refractivity contribution in [2.75, 3.05) is 5.75 Å². The zero-order valence-corrected chi connectivity index (χ0v) is 15.4. The van der Waals surface area contributed by atoms with E-state index in [9.17, 15) is 8.42 Å². The van der Waals surface area contributed by atoms with Crippen LogP contribution in [0, 0.1) is 0 Å². The van der Waals surface area contributed by atoms with Gasteiger partial charge < -0.3 is 0 Å². The zero-order valence-electron chi connectivity index (χ0n) is 13.8. The summed E-state index contributed by atoms with van der Waals surface area (Å²) in [5.74, 6) is -0.0323. The number of benzene rings is 2. The molecule has 0 bridgehead atoms. The third-order valence-corrected chi connectivity index (χ3v) is 5.97. The highest BCUT2D eigenvalue weighted by molar-refractivity contribution is 7.90.